The van der Waals surface area contributed by atoms with E-state index in [1.54, 1.807) is 6.07 Å². The van der Waals surface area contributed by atoms with Gasteiger partial charge in [-0.25, -0.2) is 4.39 Å². The molecule has 0 unspecified atom stereocenters. The van der Waals surface area contributed by atoms with Crippen molar-refractivity contribution in [2.45, 2.75) is 6.54 Å². The minimum atomic E-state index is -0.237. The second-order valence-corrected chi connectivity index (χ2v) is 3.91. The molecule has 0 spiro atoms. The van der Waals surface area contributed by atoms with E-state index in [9.17, 15) is 4.39 Å². The van der Waals surface area contributed by atoms with E-state index in [1.165, 1.54) is 17.7 Å². The first-order valence-electron chi connectivity index (χ1n) is 4.40. The Labute approximate surface area is 96.7 Å². The van der Waals surface area contributed by atoms with E-state index in [4.69, 9.17) is 23.2 Å². The number of hydrogen-bond donors (Lipinski definition) is 0. The fraction of sp³-hybridized carbons (Fsp3) is 0.0909. The van der Waals surface area contributed by atoms with Gasteiger partial charge in [-0.05, 0) is 24.3 Å². The van der Waals surface area contributed by atoms with Crippen molar-refractivity contribution in [3.63, 3.8) is 0 Å². The van der Waals surface area contributed by atoms with E-state index in [0.29, 0.717) is 11.6 Å². The molecule has 0 fully saturated rings. The Morgan fingerprint density at radius 2 is 2.20 bits per heavy atom. The zero-order chi connectivity index (χ0) is 10.8. The first-order valence-corrected chi connectivity index (χ1v) is 5.21. The Balaban J connectivity index is 2.45. The fourth-order valence-electron chi connectivity index (χ4n) is 1.51. The lowest BCUT2D eigenvalue weighted by Gasteiger charge is -2.03. The number of hydrogen-bond acceptors (Lipinski definition) is 0. The molecule has 0 N–H and O–H groups in total. The zero-order valence-corrected chi connectivity index (χ0v) is 9.26. The second kappa shape index (κ2) is 4.25. The van der Waals surface area contributed by atoms with Crippen molar-refractivity contribution in [3.05, 3.63) is 46.8 Å². The van der Waals surface area contributed by atoms with Crippen LogP contribution in [0.15, 0.2) is 41.0 Å². The van der Waals surface area contributed by atoms with Crippen molar-refractivity contribution >= 4 is 34.1 Å². The summed E-state index contributed by atoms with van der Waals surface area (Å²) in [7, 11) is 0. The Morgan fingerprint density at radius 3 is 2.93 bits per heavy atom. The topological polar surface area (TPSA) is 4.93 Å². The van der Waals surface area contributed by atoms with E-state index in [-0.39, 0.29) is 5.82 Å². The minimum absolute atomic E-state index is 0.237. The average Bonchev–Trinajstić information content (AvgIpc) is 2.60. The molecule has 0 amide bonds. The van der Waals surface area contributed by atoms with E-state index in [0.717, 1.165) is 10.9 Å². The molecule has 78 valence electrons. The van der Waals surface area contributed by atoms with Crippen molar-refractivity contribution in [1.29, 1.82) is 0 Å². The van der Waals surface area contributed by atoms with Gasteiger partial charge in [-0.3, -0.25) is 0 Å². The molecule has 0 aliphatic rings. The van der Waals surface area contributed by atoms with Crippen LogP contribution in [0.2, 0.25) is 0 Å². The average molecular weight is 244 g/mol. The van der Waals surface area contributed by atoms with E-state index < -0.39 is 0 Å². The van der Waals surface area contributed by atoms with Crippen LogP contribution < -0.4 is 0 Å². The summed E-state index contributed by atoms with van der Waals surface area (Å²) in [4.78, 5) is 0. The van der Waals surface area contributed by atoms with Gasteiger partial charge in [-0.15, -0.1) is 0 Å². The van der Waals surface area contributed by atoms with Gasteiger partial charge in [0.25, 0.3) is 0 Å². The molecule has 1 nitrogen and oxygen atoms in total. The van der Waals surface area contributed by atoms with Crippen LogP contribution in [0, 0.1) is 5.82 Å². The first-order chi connectivity index (χ1) is 7.20. The maximum Gasteiger partial charge on any atom is 0.123 e. The summed E-state index contributed by atoms with van der Waals surface area (Å²) < 4.78 is 14.8. The lowest BCUT2D eigenvalue weighted by atomic mass is 10.2. The van der Waals surface area contributed by atoms with Crippen LogP contribution >= 0.6 is 23.2 Å². The first kappa shape index (κ1) is 10.5. The fourth-order valence-corrected chi connectivity index (χ4v) is 1.70. The smallest absolute Gasteiger partial charge is 0.123 e. The summed E-state index contributed by atoms with van der Waals surface area (Å²) >= 11 is 11.3. The van der Waals surface area contributed by atoms with Gasteiger partial charge in [0.15, 0.2) is 0 Å². The highest BCUT2D eigenvalue weighted by molar-refractivity contribution is 6.36. The van der Waals surface area contributed by atoms with Crippen molar-refractivity contribution in [2.24, 2.45) is 0 Å². The molecular weight excluding hydrogens is 236 g/mol. The van der Waals surface area contributed by atoms with Gasteiger partial charge in [0.05, 0.1) is 6.54 Å². The van der Waals surface area contributed by atoms with Gasteiger partial charge < -0.3 is 4.57 Å². The SMILES string of the molecule is Fc1ccc2c(ccn2CC(Cl)=CCl)c1. The monoisotopic (exact) mass is 243 g/mol. The molecule has 1 heterocycles. The Bertz CT molecular complexity index is 516. The molecule has 0 aliphatic carbocycles. The standard InChI is InChI=1S/C11H8Cl2FN/c12-6-9(13)7-15-4-3-8-5-10(14)1-2-11(8)15/h1-6H,7H2. The number of fused-ring (bicyclic) bond motifs is 1. The molecular formula is C11H8Cl2FN. The quantitative estimate of drug-likeness (QED) is 0.749. The van der Waals surface area contributed by atoms with Gasteiger partial charge in [-0.2, -0.15) is 0 Å². The molecule has 0 atom stereocenters. The zero-order valence-electron chi connectivity index (χ0n) is 7.75. The summed E-state index contributed by atoms with van der Waals surface area (Å²) in [6, 6.07) is 6.49. The maximum absolute atomic E-state index is 12.9. The third-order valence-electron chi connectivity index (χ3n) is 2.17. The second-order valence-electron chi connectivity index (χ2n) is 3.20. The van der Waals surface area contributed by atoms with Crippen LogP contribution in [0.3, 0.4) is 0 Å². The van der Waals surface area contributed by atoms with E-state index >= 15 is 0 Å². The molecule has 1 aromatic carbocycles. The molecule has 0 saturated carbocycles. The summed E-state index contributed by atoms with van der Waals surface area (Å²) in [6.07, 6.45) is 1.85. The van der Waals surface area contributed by atoms with Crippen molar-refractivity contribution in [1.82, 2.24) is 4.57 Å². The summed E-state index contributed by atoms with van der Waals surface area (Å²) in [5, 5.41) is 1.40. The third-order valence-corrected chi connectivity index (χ3v) is 2.78. The molecule has 15 heavy (non-hydrogen) atoms. The van der Waals surface area contributed by atoms with Gasteiger partial charge in [0.1, 0.15) is 5.82 Å². The number of aromatic nitrogens is 1. The van der Waals surface area contributed by atoms with Gasteiger partial charge >= 0.3 is 0 Å². The van der Waals surface area contributed by atoms with Crippen molar-refractivity contribution in [3.8, 4) is 0 Å². The molecule has 1 aromatic heterocycles. The lowest BCUT2D eigenvalue weighted by Crippen LogP contribution is -1.95. The Morgan fingerprint density at radius 1 is 1.40 bits per heavy atom. The molecule has 2 aromatic rings. The van der Waals surface area contributed by atoms with E-state index in [2.05, 4.69) is 0 Å². The maximum atomic E-state index is 12.9. The largest absolute Gasteiger partial charge is 0.342 e. The predicted octanol–water partition coefficient (Wildman–Crippen LogP) is 4.10. The normalized spacial score (nSPS) is 12.3. The third kappa shape index (κ3) is 2.16. The molecule has 2 rings (SSSR count). The summed E-state index contributed by atoms with van der Waals surface area (Å²) in [6.45, 7) is 0.500. The van der Waals surface area contributed by atoms with Crippen molar-refractivity contribution in [2.75, 3.05) is 0 Å². The number of allylic oxidation sites excluding steroid dienone is 1. The van der Waals surface area contributed by atoms with Crippen LogP contribution in [0.1, 0.15) is 0 Å². The number of rotatable bonds is 2. The molecule has 0 bridgehead atoms. The lowest BCUT2D eigenvalue weighted by molar-refractivity contribution is 0.629. The van der Waals surface area contributed by atoms with Crippen molar-refractivity contribution < 1.29 is 4.39 Å². The Kier molecular flexibility index (Phi) is 2.98. The van der Waals surface area contributed by atoms with Crippen LogP contribution in [-0.2, 0) is 6.54 Å². The summed E-state index contributed by atoms with van der Waals surface area (Å²) in [5.74, 6) is -0.237. The number of halogens is 3. The van der Waals surface area contributed by atoms with Gasteiger partial charge in [0, 0.05) is 27.7 Å². The highest BCUT2D eigenvalue weighted by atomic mass is 35.5. The molecule has 0 radical (unpaired) electrons. The highest BCUT2D eigenvalue weighted by Gasteiger charge is 2.02. The van der Waals surface area contributed by atoms with Crippen LogP contribution in [-0.4, -0.2) is 4.57 Å². The highest BCUT2D eigenvalue weighted by Crippen LogP contribution is 2.19. The van der Waals surface area contributed by atoms with E-state index in [1.807, 2.05) is 16.8 Å². The predicted molar refractivity (Wildman–Crippen MR) is 61.7 cm³/mol. The van der Waals surface area contributed by atoms with Crippen LogP contribution in [0.5, 0.6) is 0 Å². The number of nitrogens with zero attached hydrogens (tertiary/aromatic N) is 1. The molecule has 4 heteroatoms. The minimum Gasteiger partial charge on any atom is -0.342 e. The Hall–Kier alpha value is -0.990. The molecule has 0 aliphatic heterocycles. The van der Waals surface area contributed by atoms with Crippen LogP contribution in [0.25, 0.3) is 10.9 Å². The number of benzene rings is 1. The van der Waals surface area contributed by atoms with Gasteiger partial charge in [0.2, 0.25) is 0 Å². The molecule has 0 saturated heterocycles. The van der Waals surface area contributed by atoms with Gasteiger partial charge in [-0.1, -0.05) is 23.2 Å². The summed E-state index contributed by atoms with van der Waals surface area (Å²) in [5.41, 5.74) is 2.27. The van der Waals surface area contributed by atoms with Crippen LogP contribution in [0.4, 0.5) is 4.39 Å².